The number of nitrogens with zero attached hydrogens (tertiary/aromatic N) is 3. The fourth-order valence-corrected chi connectivity index (χ4v) is 5.35. The third-order valence-corrected chi connectivity index (χ3v) is 6.72. The van der Waals surface area contributed by atoms with Crippen molar-refractivity contribution in [1.82, 2.24) is 9.13 Å². The van der Waals surface area contributed by atoms with Crippen LogP contribution in [0.5, 0.6) is 0 Å². The van der Waals surface area contributed by atoms with Gasteiger partial charge in [0.25, 0.3) is 0 Å². The zero-order valence-electron chi connectivity index (χ0n) is 18.3. The van der Waals surface area contributed by atoms with Crippen LogP contribution in [0.25, 0.3) is 55.0 Å². The first-order valence-corrected chi connectivity index (χ1v) is 11.4. The topological polar surface area (TPSA) is 33.6 Å². The molecule has 7 aromatic rings. The molecule has 0 aliphatic carbocycles. The van der Waals surface area contributed by atoms with Gasteiger partial charge in [-0.2, -0.15) is 5.26 Å². The summed E-state index contributed by atoms with van der Waals surface area (Å²) < 4.78 is 4.66. The zero-order valence-corrected chi connectivity index (χ0v) is 18.3. The molecule has 0 atom stereocenters. The smallest absolute Gasteiger partial charge is 0.0992 e. The van der Waals surface area contributed by atoms with Gasteiger partial charge in [-0.05, 0) is 48.5 Å². The Labute approximate surface area is 196 Å². The molecule has 0 unspecified atom stereocenters. The van der Waals surface area contributed by atoms with Gasteiger partial charge in [-0.3, -0.25) is 0 Å². The van der Waals surface area contributed by atoms with E-state index < -0.39 is 0 Å². The lowest BCUT2D eigenvalue weighted by molar-refractivity contribution is 1.17. The second-order valence-corrected chi connectivity index (χ2v) is 8.56. The summed E-state index contributed by atoms with van der Waals surface area (Å²) in [6.07, 6.45) is 0. The Hall–Kier alpha value is -4.81. The lowest BCUT2D eigenvalue weighted by Gasteiger charge is -2.10. The molecule has 0 aliphatic heterocycles. The highest BCUT2D eigenvalue weighted by atomic mass is 15.0. The van der Waals surface area contributed by atoms with Gasteiger partial charge in [0.2, 0.25) is 0 Å². The molecule has 7 rings (SSSR count). The average Bonchev–Trinajstić information content (AvgIpc) is 3.42. The first kappa shape index (κ1) is 18.7. The molecule has 0 aliphatic rings. The fraction of sp³-hybridized carbons (Fsp3) is 0. The standard InChI is InChI=1S/C31H19N3/c32-20-21-9-8-12-23(19-21)33-28-16-7-5-14-26(28)30-29(33)18-17-25-24-13-4-6-15-27(24)34(31(25)30)22-10-2-1-3-11-22/h1-19H. The molecule has 3 nitrogen and oxygen atoms in total. The highest BCUT2D eigenvalue weighted by Gasteiger charge is 2.20. The molecule has 0 fully saturated rings. The van der Waals surface area contributed by atoms with E-state index >= 15 is 0 Å². The van der Waals surface area contributed by atoms with E-state index in [-0.39, 0.29) is 0 Å². The van der Waals surface area contributed by atoms with Gasteiger partial charge in [0, 0.05) is 32.9 Å². The highest BCUT2D eigenvalue weighted by molar-refractivity contribution is 6.26. The second-order valence-electron chi connectivity index (χ2n) is 8.56. The molecule has 34 heavy (non-hydrogen) atoms. The summed E-state index contributed by atoms with van der Waals surface area (Å²) in [6, 6.07) is 42.3. The first-order chi connectivity index (χ1) is 16.8. The molecular formula is C31H19N3. The first-order valence-electron chi connectivity index (χ1n) is 11.4. The van der Waals surface area contributed by atoms with Crippen molar-refractivity contribution in [3.05, 3.63) is 121 Å². The Balaban J connectivity index is 1.74. The Morgan fingerprint density at radius 3 is 1.97 bits per heavy atom. The van der Waals surface area contributed by atoms with Gasteiger partial charge >= 0.3 is 0 Å². The minimum atomic E-state index is 0.655. The molecule has 158 valence electrons. The maximum Gasteiger partial charge on any atom is 0.0992 e. The molecule has 3 heteroatoms. The van der Waals surface area contributed by atoms with E-state index in [9.17, 15) is 5.26 Å². The highest BCUT2D eigenvalue weighted by Crippen LogP contribution is 2.41. The average molecular weight is 434 g/mol. The lowest BCUT2D eigenvalue weighted by atomic mass is 10.1. The van der Waals surface area contributed by atoms with Crippen molar-refractivity contribution in [3.63, 3.8) is 0 Å². The lowest BCUT2D eigenvalue weighted by Crippen LogP contribution is -1.95. The second kappa shape index (κ2) is 7.10. The van der Waals surface area contributed by atoms with Crippen LogP contribution >= 0.6 is 0 Å². The van der Waals surface area contributed by atoms with Crippen LogP contribution in [0.3, 0.4) is 0 Å². The van der Waals surface area contributed by atoms with E-state index in [1.54, 1.807) is 0 Å². The molecule has 2 aromatic heterocycles. The van der Waals surface area contributed by atoms with E-state index in [2.05, 4.69) is 112 Å². The number of para-hydroxylation sites is 3. The monoisotopic (exact) mass is 433 g/mol. The van der Waals surface area contributed by atoms with E-state index in [0.29, 0.717) is 5.56 Å². The van der Waals surface area contributed by atoms with Crippen LogP contribution < -0.4 is 0 Å². The third-order valence-electron chi connectivity index (χ3n) is 6.72. The van der Waals surface area contributed by atoms with Gasteiger partial charge in [-0.25, -0.2) is 0 Å². The Morgan fingerprint density at radius 2 is 1.18 bits per heavy atom. The summed E-state index contributed by atoms with van der Waals surface area (Å²) in [4.78, 5) is 0. The number of hydrogen-bond acceptors (Lipinski definition) is 1. The molecule has 0 saturated carbocycles. The van der Waals surface area contributed by atoms with Crippen LogP contribution in [0.2, 0.25) is 0 Å². The molecular weight excluding hydrogens is 414 g/mol. The van der Waals surface area contributed by atoms with E-state index in [1.807, 2.05) is 18.2 Å². The van der Waals surface area contributed by atoms with Crippen molar-refractivity contribution >= 4 is 43.6 Å². The predicted octanol–water partition coefficient (Wildman–Crippen LogP) is 7.75. The molecule has 0 spiro atoms. The van der Waals surface area contributed by atoms with Crippen molar-refractivity contribution in [3.8, 4) is 17.4 Å². The maximum absolute atomic E-state index is 9.51. The van der Waals surface area contributed by atoms with Crippen LogP contribution in [0.1, 0.15) is 5.56 Å². The summed E-state index contributed by atoms with van der Waals surface area (Å²) in [6.45, 7) is 0. The molecule has 5 aromatic carbocycles. The summed E-state index contributed by atoms with van der Waals surface area (Å²) in [5, 5.41) is 14.4. The molecule has 0 saturated heterocycles. The Morgan fingerprint density at radius 1 is 0.500 bits per heavy atom. The SMILES string of the molecule is N#Cc1cccc(-n2c3ccccc3c3c2ccc2c4ccccc4n(-c4ccccc4)c23)c1. The molecule has 0 N–H and O–H groups in total. The van der Waals surface area contributed by atoms with Gasteiger partial charge in [0.1, 0.15) is 0 Å². The van der Waals surface area contributed by atoms with Crippen LogP contribution in [-0.4, -0.2) is 9.13 Å². The van der Waals surface area contributed by atoms with Crippen molar-refractivity contribution in [2.24, 2.45) is 0 Å². The van der Waals surface area contributed by atoms with Gasteiger partial charge in [-0.15, -0.1) is 0 Å². The minimum Gasteiger partial charge on any atom is -0.309 e. The number of aromatic nitrogens is 2. The van der Waals surface area contributed by atoms with E-state index in [1.165, 1.54) is 32.6 Å². The van der Waals surface area contributed by atoms with Crippen LogP contribution in [0, 0.1) is 11.3 Å². The minimum absolute atomic E-state index is 0.655. The fourth-order valence-electron chi connectivity index (χ4n) is 5.35. The normalized spacial score (nSPS) is 11.5. The van der Waals surface area contributed by atoms with Crippen molar-refractivity contribution in [1.29, 1.82) is 5.26 Å². The van der Waals surface area contributed by atoms with Crippen molar-refractivity contribution < 1.29 is 0 Å². The summed E-state index contributed by atoms with van der Waals surface area (Å²) in [7, 11) is 0. The summed E-state index contributed by atoms with van der Waals surface area (Å²) in [5.74, 6) is 0. The van der Waals surface area contributed by atoms with Crippen LogP contribution in [0.15, 0.2) is 115 Å². The van der Waals surface area contributed by atoms with E-state index in [0.717, 1.165) is 22.4 Å². The zero-order chi connectivity index (χ0) is 22.6. The molecule has 0 bridgehead atoms. The van der Waals surface area contributed by atoms with Crippen molar-refractivity contribution in [2.75, 3.05) is 0 Å². The summed E-state index contributed by atoms with van der Waals surface area (Å²) >= 11 is 0. The van der Waals surface area contributed by atoms with Crippen LogP contribution in [-0.2, 0) is 0 Å². The number of fused-ring (bicyclic) bond motifs is 7. The van der Waals surface area contributed by atoms with Gasteiger partial charge in [0.05, 0.1) is 33.7 Å². The number of benzene rings is 5. The Bertz CT molecular complexity index is 1910. The number of hydrogen-bond donors (Lipinski definition) is 0. The largest absolute Gasteiger partial charge is 0.309 e. The van der Waals surface area contributed by atoms with Gasteiger partial charge in [-0.1, -0.05) is 66.7 Å². The van der Waals surface area contributed by atoms with Gasteiger partial charge < -0.3 is 9.13 Å². The maximum atomic E-state index is 9.51. The number of nitriles is 1. The summed E-state index contributed by atoms with van der Waals surface area (Å²) in [5.41, 5.74) is 7.45. The number of rotatable bonds is 2. The third kappa shape index (κ3) is 2.51. The predicted molar refractivity (Wildman–Crippen MR) is 140 cm³/mol. The van der Waals surface area contributed by atoms with Crippen molar-refractivity contribution in [2.45, 2.75) is 0 Å². The molecule has 0 radical (unpaired) electrons. The van der Waals surface area contributed by atoms with E-state index in [4.69, 9.17) is 0 Å². The van der Waals surface area contributed by atoms with Crippen LogP contribution in [0.4, 0.5) is 0 Å². The van der Waals surface area contributed by atoms with Gasteiger partial charge in [0.15, 0.2) is 0 Å². The molecule has 2 heterocycles. The quantitative estimate of drug-likeness (QED) is 0.274. The Kier molecular flexibility index (Phi) is 3.91. The molecule has 0 amide bonds.